The maximum Gasteiger partial charge on any atom is 0.134 e. The largest absolute Gasteiger partial charge is 0.459 e. The van der Waals surface area contributed by atoms with Crippen LogP contribution in [-0.4, -0.2) is 9.78 Å². The minimum Gasteiger partial charge on any atom is -0.459 e. The minimum atomic E-state index is -0.198. The molecule has 0 saturated carbocycles. The van der Waals surface area contributed by atoms with Crippen molar-refractivity contribution in [1.29, 1.82) is 0 Å². The molecule has 1 aromatic carbocycles. The number of furan rings is 1. The second-order valence-electron chi connectivity index (χ2n) is 5.13. The molecule has 0 bridgehead atoms. The third-order valence-corrected chi connectivity index (χ3v) is 3.50. The van der Waals surface area contributed by atoms with Crippen molar-refractivity contribution in [2.45, 2.75) is 19.9 Å². The Labute approximate surface area is 117 Å². The summed E-state index contributed by atoms with van der Waals surface area (Å²) in [6.45, 7) is 4.03. The van der Waals surface area contributed by atoms with Gasteiger partial charge in [0.15, 0.2) is 0 Å². The van der Waals surface area contributed by atoms with Gasteiger partial charge in [-0.1, -0.05) is 11.6 Å². The number of fused-ring (bicyclic) bond motifs is 1. The summed E-state index contributed by atoms with van der Waals surface area (Å²) in [6.07, 6.45) is 1.96. The molecule has 2 aromatic heterocycles. The summed E-state index contributed by atoms with van der Waals surface area (Å²) in [6, 6.07) is 7.95. The first-order chi connectivity index (χ1) is 9.58. The fraction of sp³-hybridized carbons (Fsp3) is 0.267. The van der Waals surface area contributed by atoms with Crippen LogP contribution in [0.15, 0.2) is 34.9 Å². The quantitative estimate of drug-likeness (QED) is 0.566. The van der Waals surface area contributed by atoms with Crippen LogP contribution in [0.2, 0.25) is 0 Å². The first-order valence-corrected chi connectivity index (χ1v) is 6.55. The van der Waals surface area contributed by atoms with Gasteiger partial charge in [0.2, 0.25) is 0 Å². The zero-order valence-corrected chi connectivity index (χ0v) is 11.8. The van der Waals surface area contributed by atoms with Crippen molar-refractivity contribution in [3.05, 3.63) is 53.0 Å². The number of hydrazine groups is 1. The summed E-state index contributed by atoms with van der Waals surface area (Å²) in [7, 11) is 1.89. The minimum absolute atomic E-state index is 0.198. The maximum atomic E-state index is 5.92. The summed E-state index contributed by atoms with van der Waals surface area (Å²) in [4.78, 5) is 0. The molecule has 5 nitrogen and oxygen atoms in total. The number of nitrogens with one attached hydrogen (secondary N) is 1. The van der Waals surface area contributed by atoms with Crippen LogP contribution >= 0.6 is 0 Å². The van der Waals surface area contributed by atoms with Gasteiger partial charge in [-0.05, 0) is 32.0 Å². The highest BCUT2D eigenvalue weighted by atomic mass is 16.3. The standard InChI is InChI=1S/C15H18N4O/c1-9-4-5-13-11(6-9)7-14(20-13)15(17-16)12-8-19(3)18-10(12)2/h4-8,15,17H,16H2,1-3H3. The van der Waals surface area contributed by atoms with E-state index in [9.17, 15) is 0 Å². The molecule has 0 aliphatic carbocycles. The lowest BCUT2D eigenvalue weighted by atomic mass is 10.1. The lowest BCUT2D eigenvalue weighted by Crippen LogP contribution is -2.28. The average Bonchev–Trinajstić information content (AvgIpc) is 2.94. The van der Waals surface area contributed by atoms with Gasteiger partial charge in [-0.15, -0.1) is 0 Å². The Bertz CT molecular complexity index is 756. The Morgan fingerprint density at radius 2 is 2.10 bits per heavy atom. The van der Waals surface area contributed by atoms with E-state index in [0.717, 1.165) is 28.0 Å². The monoisotopic (exact) mass is 270 g/mol. The molecule has 0 spiro atoms. The molecule has 3 aromatic rings. The number of aryl methyl sites for hydroxylation is 3. The zero-order chi connectivity index (χ0) is 14.3. The first kappa shape index (κ1) is 12.9. The zero-order valence-electron chi connectivity index (χ0n) is 11.8. The van der Waals surface area contributed by atoms with Crippen molar-refractivity contribution < 1.29 is 4.42 Å². The molecule has 1 unspecified atom stereocenters. The molecule has 0 aliphatic rings. The average molecular weight is 270 g/mol. The maximum absolute atomic E-state index is 5.92. The van der Waals surface area contributed by atoms with Crippen molar-refractivity contribution >= 4 is 11.0 Å². The van der Waals surface area contributed by atoms with Gasteiger partial charge >= 0.3 is 0 Å². The van der Waals surface area contributed by atoms with E-state index < -0.39 is 0 Å². The lowest BCUT2D eigenvalue weighted by Gasteiger charge is -2.11. The van der Waals surface area contributed by atoms with Crippen LogP contribution < -0.4 is 11.3 Å². The Morgan fingerprint density at radius 1 is 1.30 bits per heavy atom. The van der Waals surface area contributed by atoms with Gasteiger partial charge in [0, 0.05) is 24.2 Å². The smallest absolute Gasteiger partial charge is 0.134 e. The summed E-state index contributed by atoms with van der Waals surface area (Å²) in [5.74, 6) is 6.52. The van der Waals surface area contributed by atoms with Gasteiger partial charge in [0.1, 0.15) is 17.4 Å². The Hall–Kier alpha value is -2.11. The fourth-order valence-corrected chi connectivity index (χ4v) is 2.55. The molecule has 3 N–H and O–H groups in total. The molecule has 104 valence electrons. The highest BCUT2D eigenvalue weighted by Crippen LogP contribution is 2.29. The third kappa shape index (κ3) is 2.11. The predicted octanol–water partition coefficient (Wildman–Crippen LogP) is 2.34. The van der Waals surface area contributed by atoms with E-state index in [2.05, 4.69) is 23.5 Å². The van der Waals surface area contributed by atoms with E-state index >= 15 is 0 Å². The molecule has 0 radical (unpaired) electrons. The second-order valence-corrected chi connectivity index (χ2v) is 5.13. The number of aromatic nitrogens is 2. The highest BCUT2D eigenvalue weighted by molar-refractivity contribution is 5.79. The van der Waals surface area contributed by atoms with E-state index in [4.69, 9.17) is 10.3 Å². The van der Waals surface area contributed by atoms with E-state index in [-0.39, 0.29) is 6.04 Å². The van der Waals surface area contributed by atoms with Gasteiger partial charge in [-0.25, -0.2) is 5.43 Å². The molecular weight excluding hydrogens is 252 g/mol. The molecular formula is C15H18N4O. The van der Waals surface area contributed by atoms with Crippen LogP contribution in [0.25, 0.3) is 11.0 Å². The Kier molecular flexibility index (Phi) is 3.08. The molecule has 0 fully saturated rings. The number of hydrogen-bond acceptors (Lipinski definition) is 4. The van der Waals surface area contributed by atoms with Crippen LogP contribution in [0.5, 0.6) is 0 Å². The van der Waals surface area contributed by atoms with Crippen molar-refractivity contribution in [2.75, 3.05) is 0 Å². The van der Waals surface area contributed by atoms with E-state index in [1.165, 1.54) is 5.56 Å². The van der Waals surface area contributed by atoms with Crippen molar-refractivity contribution in [2.24, 2.45) is 12.9 Å². The number of rotatable bonds is 3. The van der Waals surface area contributed by atoms with Crippen LogP contribution in [0.4, 0.5) is 0 Å². The summed E-state index contributed by atoms with van der Waals surface area (Å²) in [5, 5.41) is 5.44. The molecule has 2 heterocycles. The summed E-state index contributed by atoms with van der Waals surface area (Å²) >= 11 is 0. The fourth-order valence-electron chi connectivity index (χ4n) is 2.55. The normalized spacial score (nSPS) is 13.0. The van der Waals surface area contributed by atoms with Crippen molar-refractivity contribution in [1.82, 2.24) is 15.2 Å². The molecule has 20 heavy (non-hydrogen) atoms. The van der Waals surface area contributed by atoms with E-state index in [1.807, 2.05) is 38.4 Å². The number of hydrogen-bond donors (Lipinski definition) is 2. The van der Waals surface area contributed by atoms with E-state index in [0.29, 0.717) is 0 Å². The van der Waals surface area contributed by atoms with Crippen LogP contribution in [0, 0.1) is 13.8 Å². The second kappa shape index (κ2) is 4.77. The van der Waals surface area contributed by atoms with Crippen LogP contribution in [0.3, 0.4) is 0 Å². The molecule has 0 aliphatic heterocycles. The topological polar surface area (TPSA) is 69.0 Å². The van der Waals surface area contributed by atoms with Gasteiger partial charge in [-0.3, -0.25) is 10.5 Å². The van der Waals surface area contributed by atoms with Crippen LogP contribution in [-0.2, 0) is 7.05 Å². The number of nitrogens with zero attached hydrogens (tertiary/aromatic N) is 2. The SMILES string of the molecule is Cc1ccc2oc(C(NN)c3cn(C)nc3C)cc2c1. The molecule has 5 heteroatoms. The number of nitrogens with two attached hydrogens (primary N) is 1. The molecule has 1 atom stereocenters. The van der Waals surface area contributed by atoms with Crippen molar-refractivity contribution in [3.63, 3.8) is 0 Å². The molecule has 3 rings (SSSR count). The third-order valence-electron chi connectivity index (χ3n) is 3.50. The Balaban J connectivity index is 2.09. The predicted molar refractivity (Wildman–Crippen MR) is 78.1 cm³/mol. The van der Waals surface area contributed by atoms with Gasteiger partial charge < -0.3 is 4.42 Å². The summed E-state index contributed by atoms with van der Waals surface area (Å²) in [5.41, 5.74) is 6.85. The highest BCUT2D eigenvalue weighted by Gasteiger charge is 2.21. The van der Waals surface area contributed by atoms with E-state index in [1.54, 1.807) is 4.68 Å². The van der Waals surface area contributed by atoms with Gasteiger partial charge in [-0.2, -0.15) is 5.10 Å². The molecule has 0 amide bonds. The molecule has 0 saturated heterocycles. The van der Waals surface area contributed by atoms with Gasteiger partial charge in [0.05, 0.1) is 5.69 Å². The van der Waals surface area contributed by atoms with Crippen LogP contribution in [0.1, 0.15) is 28.6 Å². The summed E-state index contributed by atoms with van der Waals surface area (Å²) < 4.78 is 7.69. The van der Waals surface area contributed by atoms with Gasteiger partial charge in [0.25, 0.3) is 0 Å². The Morgan fingerprint density at radius 3 is 2.75 bits per heavy atom. The van der Waals surface area contributed by atoms with Crippen molar-refractivity contribution in [3.8, 4) is 0 Å². The first-order valence-electron chi connectivity index (χ1n) is 6.55. The lowest BCUT2D eigenvalue weighted by molar-refractivity contribution is 0.476. The number of benzene rings is 1.